The molecule has 0 saturated carbocycles. The lowest BCUT2D eigenvalue weighted by Gasteiger charge is -2.07. The van der Waals surface area contributed by atoms with E-state index in [1.807, 2.05) is 18.2 Å². The van der Waals surface area contributed by atoms with Gasteiger partial charge in [0.2, 0.25) is 0 Å². The van der Waals surface area contributed by atoms with E-state index >= 15 is 0 Å². The SMILES string of the molecule is COC(=O)[C@@H]1C[C@H](C)c2ccccc21. The predicted octanol–water partition coefficient (Wildman–Crippen LogP) is 2.45. The minimum atomic E-state index is -0.109. The smallest absolute Gasteiger partial charge is 0.313 e. The molecule has 0 aromatic heterocycles. The molecule has 14 heavy (non-hydrogen) atoms. The Bertz CT molecular complexity index is 357. The van der Waals surface area contributed by atoms with E-state index in [1.54, 1.807) is 0 Å². The molecular weight excluding hydrogens is 176 g/mol. The van der Waals surface area contributed by atoms with E-state index < -0.39 is 0 Å². The van der Waals surface area contributed by atoms with Crippen LogP contribution in [-0.2, 0) is 9.53 Å². The lowest BCUT2D eigenvalue weighted by molar-refractivity contribution is -0.142. The Hall–Kier alpha value is -1.31. The Kier molecular flexibility index (Phi) is 2.28. The summed E-state index contributed by atoms with van der Waals surface area (Å²) in [4.78, 5) is 11.5. The topological polar surface area (TPSA) is 26.3 Å². The van der Waals surface area contributed by atoms with Crippen LogP contribution in [0.15, 0.2) is 24.3 Å². The third kappa shape index (κ3) is 1.31. The van der Waals surface area contributed by atoms with Gasteiger partial charge < -0.3 is 4.74 Å². The number of carbonyl (C=O) groups excluding carboxylic acids is 1. The Labute approximate surface area is 83.9 Å². The average Bonchev–Trinajstić information content (AvgIpc) is 2.56. The van der Waals surface area contributed by atoms with Gasteiger partial charge in [-0.3, -0.25) is 4.79 Å². The molecule has 2 rings (SSSR count). The molecule has 0 spiro atoms. The first-order valence-electron chi connectivity index (χ1n) is 4.90. The highest BCUT2D eigenvalue weighted by Gasteiger charge is 2.33. The molecule has 0 N–H and O–H groups in total. The summed E-state index contributed by atoms with van der Waals surface area (Å²) >= 11 is 0. The van der Waals surface area contributed by atoms with Crippen LogP contribution >= 0.6 is 0 Å². The zero-order chi connectivity index (χ0) is 10.1. The normalized spacial score (nSPS) is 24.4. The number of methoxy groups -OCH3 is 1. The number of hydrogen-bond donors (Lipinski definition) is 0. The van der Waals surface area contributed by atoms with Gasteiger partial charge in [-0.25, -0.2) is 0 Å². The summed E-state index contributed by atoms with van der Waals surface area (Å²) in [5.41, 5.74) is 2.44. The van der Waals surface area contributed by atoms with Crippen molar-refractivity contribution in [3.63, 3.8) is 0 Å². The average molecular weight is 190 g/mol. The number of hydrogen-bond acceptors (Lipinski definition) is 2. The molecule has 2 atom stereocenters. The first-order chi connectivity index (χ1) is 6.74. The van der Waals surface area contributed by atoms with E-state index in [0.717, 1.165) is 12.0 Å². The van der Waals surface area contributed by atoms with Gasteiger partial charge in [-0.2, -0.15) is 0 Å². The second-order valence-corrected chi connectivity index (χ2v) is 3.84. The number of benzene rings is 1. The maximum Gasteiger partial charge on any atom is 0.313 e. The fraction of sp³-hybridized carbons (Fsp3) is 0.417. The Balaban J connectivity index is 2.39. The van der Waals surface area contributed by atoms with E-state index in [-0.39, 0.29) is 11.9 Å². The highest BCUT2D eigenvalue weighted by atomic mass is 16.5. The molecule has 1 aromatic carbocycles. The molecule has 1 aliphatic rings. The fourth-order valence-corrected chi connectivity index (χ4v) is 2.25. The Morgan fingerprint density at radius 1 is 1.36 bits per heavy atom. The number of fused-ring (bicyclic) bond motifs is 1. The van der Waals surface area contributed by atoms with Gasteiger partial charge in [0, 0.05) is 0 Å². The van der Waals surface area contributed by atoms with Crippen LogP contribution in [0.4, 0.5) is 0 Å². The van der Waals surface area contributed by atoms with Crippen LogP contribution in [0, 0.1) is 0 Å². The van der Waals surface area contributed by atoms with Gasteiger partial charge in [0.1, 0.15) is 0 Å². The second kappa shape index (κ2) is 3.45. The minimum Gasteiger partial charge on any atom is -0.469 e. The molecule has 0 fully saturated rings. The van der Waals surface area contributed by atoms with Crippen molar-refractivity contribution in [3.8, 4) is 0 Å². The molecule has 1 aliphatic carbocycles. The second-order valence-electron chi connectivity index (χ2n) is 3.84. The maximum absolute atomic E-state index is 11.5. The zero-order valence-corrected chi connectivity index (χ0v) is 8.49. The van der Waals surface area contributed by atoms with Crippen molar-refractivity contribution in [1.82, 2.24) is 0 Å². The van der Waals surface area contributed by atoms with Crippen molar-refractivity contribution in [2.75, 3.05) is 7.11 Å². The molecule has 0 amide bonds. The number of carbonyl (C=O) groups is 1. The van der Waals surface area contributed by atoms with Crippen molar-refractivity contribution >= 4 is 5.97 Å². The highest BCUT2D eigenvalue weighted by Crippen LogP contribution is 2.41. The van der Waals surface area contributed by atoms with Crippen LogP contribution in [0.3, 0.4) is 0 Å². The van der Waals surface area contributed by atoms with Crippen molar-refractivity contribution in [3.05, 3.63) is 35.4 Å². The first kappa shape index (κ1) is 9.25. The molecule has 0 radical (unpaired) electrons. The van der Waals surface area contributed by atoms with Crippen LogP contribution in [0.5, 0.6) is 0 Å². The van der Waals surface area contributed by atoms with Crippen LogP contribution < -0.4 is 0 Å². The fourth-order valence-electron chi connectivity index (χ4n) is 2.25. The molecule has 0 unspecified atom stereocenters. The summed E-state index contributed by atoms with van der Waals surface area (Å²) in [6.45, 7) is 2.15. The molecule has 0 saturated heterocycles. The summed E-state index contributed by atoms with van der Waals surface area (Å²) in [7, 11) is 1.45. The molecular formula is C12H14O2. The summed E-state index contributed by atoms with van der Waals surface area (Å²) in [6.07, 6.45) is 0.881. The molecule has 1 aromatic rings. The number of rotatable bonds is 1. The third-order valence-electron chi connectivity index (χ3n) is 2.98. The van der Waals surface area contributed by atoms with Gasteiger partial charge in [-0.15, -0.1) is 0 Å². The van der Waals surface area contributed by atoms with Crippen LogP contribution in [0.25, 0.3) is 0 Å². The number of esters is 1. The van der Waals surface area contributed by atoms with Crippen LogP contribution in [0.1, 0.15) is 36.3 Å². The highest BCUT2D eigenvalue weighted by molar-refractivity contribution is 5.80. The van der Waals surface area contributed by atoms with Crippen molar-refractivity contribution < 1.29 is 9.53 Å². The molecule has 2 heteroatoms. The number of ether oxygens (including phenoxy) is 1. The van der Waals surface area contributed by atoms with E-state index in [9.17, 15) is 4.79 Å². The molecule has 0 aliphatic heterocycles. The van der Waals surface area contributed by atoms with Gasteiger partial charge in [0.25, 0.3) is 0 Å². The molecule has 0 bridgehead atoms. The summed E-state index contributed by atoms with van der Waals surface area (Å²) in [6, 6.07) is 8.13. The molecule has 74 valence electrons. The van der Waals surface area contributed by atoms with E-state index in [4.69, 9.17) is 4.74 Å². The quantitative estimate of drug-likeness (QED) is 0.636. The van der Waals surface area contributed by atoms with Crippen LogP contribution in [-0.4, -0.2) is 13.1 Å². The lowest BCUT2D eigenvalue weighted by atomic mass is 10.0. The van der Waals surface area contributed by atoms with Crippen LogP contribution in [0.2, 0.25) is 0 Å². The largest absolute Gasteiger partial charge is 0.469 e. The summed E-state index contributed by atoms with van der Waals surface area (Å²) < 4.78 is 4.80. The van der Waals surface area contributed by atoms with Gasteiger partial charge in [0.05, 0.1) is 13.0 Å². The van der Waals surface area contributed by atoms with E-state index in [1.165, 1.54) is 12.7 Å². The van der Waals surface area contributed by atoms with Crippen molar-refractivity contribution in [2.24, 2.45) is 0 Å². The zero-order valence-electron chi connectivity index (χ0n) is 8.49. The first-order valence-corrected chi connectivity index (χ1v) is 4.90. The minimum absolute atomic E-state index is 0.0498. The monoisotopic (exact) mass is 190 g/mol. The third-order valence-corrected chi connectivity index (χ3v) is 2.98. The van der Waals surface area contributed by atoms with Crippen molar-refractivity contribution in [1.29, 1.82) is 0 Å². The standard InChI is InChI=1S/C12H14O2/c1-8-7-11(12(13)14-2)10-6-4-3-5-9(8)10/h3-6,8,11H,7H2,1-2H3/t8-,11+/m0/s1. The van der Waals surface area contributed by atoms with Gasteiger partial charge >= 0.3 is 5.97 Å². The van der Waals surface area contributed by atoms with E-state index in [2.05, 4.69) is 13.0 Å². The maximum atomic E-state index is 11.5. The summed E-state index contributed by atoms with van der Waals surface area (Å²) in [5.74, 6) is 0.309. The van der Waals surface area contributed by atoms with Crippen molar-refractivity contribution in [2.45, 2.75) is 25.2 Å². The van der Waals surface area contributed by atoms with Gasteiger partial charge in [0.15, 0.2) is 0 Å². The summed E-state index contributed by atoms with van der Waals surface area (Å²) in [5, 5.41) is 0. The van der Waals surface area contributed by atoms with Gasteiger partial charge in [-0.05, 0) is 23.5 Å². The van der Waals surface area contributed by atoms with E-state index in [0.29, 0.717) is 5.92 Å². The Morgan fingerprint density at radius 3 is 2.64 bits per heavy atom. The predicted molar refractivity (Wildman–Crippen MR) is 54.2 cm³/mol. The van der Waals surface area contributed by atoms with Gasteiger partial charge in [-0.1, -0.05) is 31.2 Å². The molecule has 2 nitrogen and oxygen atoms in total. The lowest BCUT2D eigenvalue weighted by Crippen LogP contribution is -2.11. The molecule has 0 heterocycles. The Morgan fingerprint density at radius 2 is 2.00 bits per heavy atom.